The molecular formula is C21H16ClFN8O. The van der Waals surface area contributed by atoms with Crippen molar-refractivity contribution in [1.82, 2.24) is 29.6 Å². The van der Waals surface area contributed by atoms with E-state index in [1.54, 1.807) is 31.2 Å². The zero-order valence-corrected chi connectivity index (χ0v) is 17.5. The van der Waals surface area contributed by atoms with E-state index in [4.69, 9.17) is 11.6 Å². The number of H-pyrrole nitrogens is 1. The maximum atomic E-state index is 13.6. The number of hydrogen-bond donors (Lipinski definition) is 3. The molecule has 5 aromatic rings. The minimum absolute atomic E-state index is 0.149. The molecule has 0 aliphatic rings. The average Bonchev–Trinajstić information content (AvgIpc) is 3.25. The molecule has 2 aromatic carbocycles. The number of benzene rings is 2. The van der Waals surface area contributed by atoms with E-state index in [1.165, 1.54) is 29.5 Å². The van der Waals surface area contributed by atoms with E-state index in [0.717, 1.165) is 0 Å². The van der Waals surface area contributed by atoms with Crippen molar-refractivity contribution in [3.63, 3.8) is 0 Å². The van der Waals surface area contributed by atoms with Crippen LogP contribution >= 0.6 is 11.6 Å². The summed E-state index contributed by atoms with van der Waals surface area (Å²) in [6.45, 7) is 1.89. The minimum Gasteiger partial charge on any atom is -0.361 e. The molecule has 0 aliphatic carbocycles. The summed E-state index contributed by atoms with van der Waals surface area (Å²) >= 11 is 6.29. The van der Waals surface area contributed by atoms with Gasteiger partial charge in [0.2, 0.25) is 0 Å². The lowest BCUT2D eigenvalue weighted by molar-refractivity contribution is 0.626. The predicted octanol–water partition coefficient (Wildman–Crippen LogP) is 3.65. The van der Waals surface area contributed by atoms with Crippen LogP contribution in [0.3, 0.4) is 0 Å². The van der Waals surface area contributed by atoms with Gasteiger partial charge in [0.05, 0.1) is 34.5 Å². The van der Waals surface area contributed by atoms with Gasteiger partial charge in [-0.15, -0.1) is 0 Å². The zero-order valence-electron chi connectivity index (χ0n) is 16.7. The van der Waals surface area contributed by atoms with Crippen molar-refractivity contribution in [2.24, 2.45) is 0 Å². The molecule has 0 amide bonds. The largest absolute Gasteiger partial charge is 0.361 e. The second-order valence-corrected chi connectivity index (χ2v) is 7.46. The van der Waals surface area contributed by atoms with Crippen LogP contribution in [0, 0.1) is 12.7 Å². The molecule has 0 saturated carbocycles. The van der Waals surface area contributed by atoms with Gasteiger partial charge in [-0.25, -0.2) is 29.0 Å². The van der Waals surface area contributed by atoms with Crippen LogP contribution in [0.25, 0.3) is 22.1 Å². The summed E-state index contributed by atoms with van der Waals surface area (Å²) in [7, 11) is 0. The predicted molar refractivity (Wildman–Crippen MR) is 120 cm³/mol. The molecule has 0 bridgehead atoms. The van der Waals surface area contributed by atoms with Crippen molar-refractivity contribution < 1.29 is 4.39 Å². The van der Waals surface area contributed by atoms with Gasteiger partial charge in [-0.05, 0) is 42.8 Å². The lowest BCUT2D eigenvalue weighted by atomic mass is 10.2. The van der Waals surface area contributed by atoms with Crippen LogP contribution < -0.4 is 16.3 Å². The number of nitrogens with zero attached hydrogens (tertiary/aromatic N) is 5. The number of anilines is 2. The van der Waals surface area contributed by atoms with Gasteiger partial charge in [-0.3, -0.25) is 10.2 Å². The molecule has 5 rings (SSSR count). The highest BCUT2D eigenvalue weighted by atomic mass is 35.5. The molecule has 0 spiro atoms. The van der Waals surface area contributed by atoms with Crippen molar-refractivity contribution in [2.75, 3.05) is 10.7 Å². The first-order valence-corrected chi connectivity index (χ1v) is 10.0. The van der Waals surface area contributed by atoms with Gasteiger partial charge in [0.15, 0.2) is 17.3 Å². The Hall–Kier alpha value is -4.05. The number of aromatic nitrogens is 6. The molecule has 0 saturated heterocycles. The molecule has 3 heterocycles. The van der Waals surface area contributed by atoms with Crippen LogP contribution in [-0.2, 0) is 6.54 Å². The Morgan fingerprint density at radius 1 is 1.19 bits per heavy atom. The first kappa shape index (κ1) is 19.9. The van der Waals surface area contributed by atoms with E-state index in [1.807, 2.05) is 0 Å². The third-order valence-electron chi connectivity index (χ3n) is 4.97. The SMILES string of the molecule is Cc1cc(F)ccc1Nn1c(CNc2ncnc3nc[nH]c23)nc2cccc(Cl)c2c1=O. The fourth-order valence-electron chi connectivity index (χ4n) is 3.40. The highest BCUT2D eigenvalue weighted by Crippen LogP contribution is 2.21. The summed E-state index contributed by atoms with van der Waals surface area (Å²) in [6.07, 6.45) is 2.92. The number of aromatic amines is 1. The van der Waals surface area contributed by atoms with Gasteiger partial charge in [0, 0.05) is 0 Å². The van der Waals surface area contributed by atoms with E-state index >= 15 is 0 Å². The van der Waals surface area contributed by atoms with Crippen LogP contribution in [-0.4, -0.2) is 29.6 Å². The molecule has 0 unspecified atom stereocenters. The first-order valence-electron chi connectivity index (χ1n) is 9.62. The highest BCUT2D eigenvalue weighted by molar-refractivity contribution is 6.35. The van der Waals surface area contributed by atoms with Crippen LogP contribution in [0.5, 0.6) is 0 Å². The van der Waals surface area contributed by atoms with Gasteiger partial charge in [0.1, 0.15) is 17.7 Å². The van der Waals surface area contributed by atoms with Crippen LogP contribution in [0.15, 0.2) is 53.8 Å². The summed E-state index contributed by atoms with van der Waals surface area (Å²) in [4.78, 5) is 33.4. The number of nitrogens with one attached hydrogen (secondary N) is 3. The van der Waals surface area contributed by atoms with Crippen LogP contribution in [0.2, 0.25) is 5.02 Å². The van der Waals surface area contributed by atoms with Crippen molar-refractivity contribution in [1.29, 1.82) is 0 Å². The molecule has 0 fully saturated rings. The maximum Gasteiger partial charge on any atom is 0.281 e. The summed E-state index contributed by atoms with van der Waals surface area (Å²) in [5.41, 5.74) is 5.46. The monoisotopic (exact) mass is 450 g/mol. The number of rotatable bonds is 5. The molecule has 160 valence electrons. The number of hydrogen-bond acceptors (Lipinski definition) is 7. The van der Waals surface area contributed by atoms with Gasteiger partial charge in [0.25, 0.3) is 5.56 Å². The summed E-state index contributed by atoms with van der Waals surface area (Å²) in [5.74, 6) is 0.520. The summed E-state index contributed by atoms with van der Waals surface area (Å²) in [5, 5.41) is 3.74. The fraction of sp³-hybridized carbons (Fsp3) is 0.0952. The van der Waals surface area contributed by atoms with Gasteiger partial charge in [-0.2, -0.15) is 0 Å². The molecule has 0 atom stereocenters. The lowest BCUT2D eigenvalue weighted by Gasteiger charge is -2.17. The quantitative estimate of drug-likeness (QED) is 0.374. The number of halogens is 2. The van der Waals surface area contributed by atoms with E-state index in [-0.39, 0.29) is 23.3 Å². The highest BCUT2D eigenvalue weighted by Gasteiger charge is 2.15. The molecule has 11 heteroatoms. The Balaban J connectivity index is 1.60. The Kier molecular flexibility index (Phi) is 4.91. The van der Waals surface area contributed by atoms with E-state index < -0.39 is 0 Å². The van der Waals surface area contributed by atoms with Crippen molar-refractivity contribution in [2.45, 2.75) is 13.5 Å². The molecule has 32 heavy (non-hydrogen) atoms. The van der Waals surface area contributed by atoms with Crippen LogP contribution in [0.1, 0.15) is 11.4 Å². The van der Waals surface area contributed by atoms with Crippen LogP contribution in [0.4, 0.5) is 15.9 Å². The van der Waals surface area contributed by atoms with Gasteiger partial charge in [-0.1, -0.05) is 17.7 Å². The smallest absolute Gasteiger partial charge is 0.281 e. The van der Waals surface area contributed by atoms with Crippen molar-refractivity contribution >= 4 is 45.2 Å². The fourth-order valence-corrected chi connectivity index (χ4v) is 3.65. The second-order valence-electron chi connectivity index (χ2n) is 7.05. The number of aryl methyl sites for hydroxylation is 1. The second kappa shape index (κ2) is 7.89. The van der Waals surface area contributed by atoms with Crippen molar-refractivity contribution in [3.8, 4) is 0 Å². The van der Waals surface area contributed by atoms with E-state index in [9.17, 15) is 9.18 Å². The first-order chi connectivity index (χ1) is 15.5. The Morgan fingerprint density at radius 2 is 2.06 bits per heavy atom. The topological polar surface area (TPSA) is 113 Å². The number of fused-ring (bicyclic) bond motifs is 2. The maximum absolute atomic E-state index is 13.6. The molecule has 3 N–H and O–H groups in total. The van der Waals surface area contributed by atoms with Crippen molar-refractivity contribution in [3.05, 3.63) is 81.6 Å². The minimum atomic E-state index is -0.379. The normalized spacial score (nSPS) is 11.2. The van der Waals surface area contributed by atoms with Gasteiger partial charge < -0.3 is 10.3 Å². The third kappa shape index (κ3) is 3.50. The zero-order chi connectivity index (χ0) is 22.2. The van der Waals surface area contributed by atoms with E-state index in [2.05, 4.69) is 35.7 Å². The Morgan fingerprint density at radius 3 is 2.91 bits per heavy atom. The molecule has 0 aliphatic heterocycles. The Labute approximate surface area is 185 Å². The average molecular weight is 451 g/mol. The summed E-state index contributed by atoms with van der Waals surface area (Å²) in [6, 6.07) is 9.34. The Bertz CT molecular complexity index is 1530. The molecule has 0 radical (unpaired) electrons. The van der Waals surface area contributed by atoms with Gasteiger partial charge >= 0.3 is 0 Å². The lowest BCUT2D eigenvalue weighted by Crippen LogP contribution is -2.32. The third-order valence-corrected chi connectivity index (χ3v) is 5.29. The molecule has 3 aromatic heterocycles. The summed E-state index contributed by atoms with van der Waals surface area (Å²) < 4.78 is 14.9. The molecular weight excluding hydrogens is 435 g/mol. The molecule has 9 nitrogen and oxygen atoms in total. The van der Waals surface area contributed by atoms with E-state index in [0.29, 0.717) is 44.6 Å². The number of imidazole rings is 1. The standard InChI is InChI=1S/C21H16ClFN8O/c1-11-7-12(23)5-6-14(11)30-31-16(29-15-4-2-3-13(22)17(15)21(31)32)8-24-19-18-20(26-9-25-18)28-10-27-19/h2-7,9-10,30H,8H2,1H3,(H2,24,25,26,27,28).